The van der Waals surface area contributed by atoms with Crippen LogP contribution in [-0.4, -0.2) is 20.9 Å². The maximum Gasteiger partial charge on any atom is 0.416 e. The molecule has 0 heterocycles. The Hall–Kier alpha value is -2.59. The maximum atomic E-state index is 12.7. The summed E-state index contributed by atoms with van der Waals surface area (Å²) >= 11 is 0. The molecule has 3 N–H and O–H groups in total. The quantitative estimate of drug-likeness (QED) is 0.783. The summed E-state index contributed by atoms with van der Waals surface area (Å²) in [4.78, 5) is 10.9. The fourth-order valence-electron chi connectivity index (χ4n) is 1.82. The molecule has 0 aliphatic heterocycles. The van der Waals surface area contributed by atoms with Crippen LogP contribution < -0.4 is 15.2 Å². The lowest BCUT2D eigenvalue weighted by Gasteiger charge is -2.11. The van der Waals surface area contributed by atoms with Crippen molar-refractivity contribution in [2.24, 2.45) is 5.73 Å². The van der Waals surface area contributed by atoms with E-state index in [1.807, 2.05) is 0 Å². The van der Waals surface area contributed by atoms with Crippen molar-refractivity contribution >= 4 is 21.7 Å². The molecule has 0 atom stereocenters. The van der Waals surface area contributed by atoms with E-state index in [0.29, 0.717) is 11.8 Å². The lowest BCUT2D eigenvalue weighted by atomic mass is 10.2. The zero-order chi connectivity index (χ0) is 18.7. The average molecular weight is 374 g/mol. The molecule has 0 aliphatic carbocycles. The third kappa shape index (κ3) is 4.94. The van der Waals surface area contributed by atoms with E-state index in [1.54, 1.807) is 0 Å². The molecule has 2 aromatic rings. The number of carbonyl (C=O) groups is 1. The Bertz CT molecular complexity index is 865. The Kier molecular flexibility index (Phi) is 5.33. The second-order valence-electron chi connectivity index (χ2n) is 4.84. The fraction of sp³-hybridized carbons (Fsp3) is 0.133. The first-order valence-electron chi connectivity index (χ1n) is 6.83. The van der Waals surface area contributed by atoms with Crippen molar-refractivity contribution in [1.82, 2.24) is 0 Å². The molecule has 10 heteroatoms. The molecule has 0 fully saturated rings. The highest BCUT2D eigenvalue weighted by Crippen LogP contribution is 2.32. The largest absolute Gasteiger partial charge is 0.416 e. The van der Waals surface area contributed by atoms with Gasteiger partial charge in [0.05, 0.1) is 12.1 Å². The monoisotopic (exact) mass is 374 g/mol. The Morgan fingerprint density at radius 3 is 2.32 bits per heavy atom. The van der Waals surface area contributed by atoms with Gasteiger partial charge in [-0.2, -0.15) is 21.6 Å². The summed E-state index contributed by atoms with van der Waals surface area (Å²) in [6, 6.07) is 8.43. The van der Waals surface area contributed by atoms with Gasteiger partial charge in [-0.05, 0) is 42.5 Å². The number of rotatable bonds is 5. The van der Waals surface area contributed by atoms with Gasteiger partial charge in [-0.15, -0.1) is 0 Å². The van der Waals surface area contributed by atoms with E-state index >= 15 is 0 Å². The molecule has 25 heavy (non-hydrogen) atoms. The van der Waals surface area contributed by atoms with Crippen LogP contribution in [0.25, 0.3) is 0 Å². The highest BCUT2D eigenvalue weighted by atomic mass is 32.2. The molecule has 0 unspecified atom stereocenters. The van der Waals surface area contributed by atoms with Crippen molar-refractivity contribution in [2.75, 3.05) is 11.9 Å². The smallest absolute Gasteiger partial charge is 0.379 e. The first-order valence-corrected chi connectivity index (χ1v) is 8.24. The first-order chi connectivity index (χ1) is 11.6. The van der Waals surface area contributed by atoms with Crippen LogP contribution in [-0.2, 0) is 21.1 Å². The van der Waals surface area contributed by atoms with Crippen molar-refractivity contribution in [3.8, 4) is 5.75 Å². The summed E-state index contributed by atoms with van der Waals surface area (Å²) in [7, 11) is -4.33. The van der Waals surface area contributed by atoms with Crippen molar-refractivity contribution < 1.29 is 30.6 Å². The summed E-state index contributed by atoms with van der Waals surface area (Å²) in [6.45, 7) is -0.237. The Morgan fingerprint density at radius 2 is 1.76 bits per heavy atom. The van der Waals surface area contributed by atoms with Crippen LogP contribution in [0.5, 0.6) is 5.75 Å². The minimum absolute atomic E-state index is 0.237. The third-order valence-electron chi connectivity index (χ3n) is 2.98. The molecule has 2 rings (SSSR count). The zero-order valence-corrected chi connectivity index (χ0v) is 13.4. The van der Waals surface area contributed by atoms with E-state index in [4.69, 9.17) is 9.92 Å². The van der Waals surface area contributed by atoms with Gasteiger partial charge < -0.3 is 15.2 Å². The SMILES string of the molecule is NCC(=O)Nc1ccc(S(=O)(=O)Oc2cccc(C(F)(F)F)c2)cc1. The number of nitrogens with one attached hydrogen (secondary N) is 1. The van der Waals surface area contributed by atoms with Crippen LogP contribution in [0.15, 0.2) is 53.4 Å². The summed E-state index contributed by atoms with van der Waals surface area (Å²) in [5.41, 5.74) is 4.43. The molecule has 0 aromatic heterocycles. The Morgan fingerprint density at radius 1 is 1.12 bits per heavy atom. The summed E-state index contributed by atoms with van der Waals surface area (Å²) in [5, 5.41) is 2.42. The second kappa shape index (κ2) is 7.11. The number of hydrogen-bond acceptors (Lipinski definition) is 5. The lowest BCUT2D eigenvalue weighted by Crippen LogP contribution is -2.21. The highest BCUT2D eigenvalue weighted by molar-refractivity contribution is 7.87. The number of hydrogen-bond donors (Lipinski definition) is 2. The van der Waals surface area contributed by atoms with E-state index in [9.17, 15) is 26.4 Å². The molecule has 0 radical (unpaired) electrons. The number of alkyl halides is 3. The number of nitrogens with two attached hydrogens (primary N) is 1. The van der Waals surface area contributed by atoms with Gasteiger partial charge in [-0.3, -0.25) is 4.79 Å². The summed E-state index contributed by atoms with van der Waals surface area (Å²) in [6.07, 6.45) is -4.62. The van der Waals surface area contributed by atoms with Gasteiger partial charge in [0.1, 0.15) is 10.6 Å². The molecular formula is C15H13F3N2O4S. The molecule has 0 spiro atoms. The predicted molar refractivity (Wildman–Crippen MR) is 83.4 cm³/mol. The predicted octanol–water partition coefficient (Wildman–Crippen LogP) is 2.37. The van der Waals surface area contributed by atoms with Gasteiger partial charge in [-0.25, -0.2) is 0 Å². The third-order valence-corrected chi connectivity index (χ3v) is 4.24. The molecule has 6 nitrogen and oxygen atoms in total. The van der Waals surface area contributed by atoms with Crippen LogP contribution in [0.2, 0.25) is 0 Å². The number of carbonyl (C=O) groups excluding carboxylic acids is 1. The standard InChI is InChI=1S/C15H13F3N2O4S/c16-15(17,18)10-2-1-3-12(8-10)24-25(22,23)13-6-4-11(5-7-13)20-14(21)9-19/h1-8H,9,19H2,(H,20,21). The number of anilines is 1. The van der Waals surface area contributed by atoms with Crippen molar-refractivity contribution in [2.45, 2.75) is 11.1 Å². The Balaban J connectivity index is 2.20. The van der Waals surface area contributed by atoms with E-state index < -0.39 is 33.5 Å². The van der Waals surface area contributed by atoms with Crippen LogP contribution in [0.1, 0.15) is 5.56 Å². The Labute approximate surface area is 141 Å². The minimum Gasteiger partial charge on any atom is -0.379 e. The number of halogens is 3. The fourth-order valence-corrected chi connectivity index (χ4v) is 2.74. The van der Waals surface area contributed by atoms with Crippen LogP contribution >= 0.6 is 0 Å². The van der Waals surface area contributed by atoms with Crippen LogP contribution in [0.4, 0.5) is 18.9 Å². The maximum absolute atomic E-state index is 12.7. The zero-order valence-electron chi connectivity index (χ0n) is 12.6. The topological polar surface area (TPSA) is 98.5 Å². The van der Waals surface area contributed by atoms with E-state index in [1.165, 1.54) is 12.1 Å². The molecule has 0 saturated carbocycles. The van der Waals surface area contributed by atoms with E-state index in [-0.39, 0.29) is 11.4 Å². The number of benzene rings is 2. The average Bonchev–Trinajstić information content (AvgIpc) is 2.54. The van der Waals surface area contributed by atoms with Crippen LogP contribution in [0.3, 0.4) is 0 Å². The van der Waals surface area contributed by atoms with Gasteiger partial charge in [0.25, 0.3) is 0 Å². The number of amides is 1. The van der Waals surface area contributed by atoms with Crippen molar-refractivity contribution in [3.63, 3.8) is 0 Å². The lowest BCUT2D eigenvalue weighted by molar-refractivity contribution is -0.137. The normalized spacial score (nSPS) is 11.8. The summed E-state index contributed by atoms with van der Waals surface area (Å²) < 4.78 is 67.0. The second-order valence-corrected chi connectivity index (χ2v) is 6.39. The highest BCUT2D eigenvalue weighted by Gasteiger charge is 2.31. The molecular weight excluding hydrogens is 361 g/mol. The van der Waals surface area contributed by atoms with Gasteiger partial charge in [0.2, 0.25) is 5.91 Å². The molecule has 2 aromatic carbocycles. The molecule has 134 valence electrons. The first kappa shape index (κ1) is 18.7. The van der Waals surface area contributed by atoms with Crippen molar-refractivity contribution in [1.29, 1.82) is 0 Å². The molecule has 0 saturated heterocycles. The van der Waals surface area contributed by atoms with E-state index in [2.05, 4.69) is 5.32 Å². The van der Waals surface area contributed by atoms with E-state index in [0.717, 1.165) is 30.3 Å². The molecule has 1 amide bonds. The van der Waals surface area contributed by atoms with Gasteiger partial charge in [0.15, 0.2) is 0 Å². The van der Waals surface area contributed by atoms with Gasteiger partial charge in [0, 0.05) is 5.69 Å². The van der Waals surface area contributed by atoms with Gasteiger partial charge >= 0.3 is 16.3 Å². The van der Waals surface area contributed by atoms with Crippen LogP contribution in [0, 0.1) is 0 Å². The van der Waals surface area contributed by atoms with Gasteiger partial charge in [-0.1, -0.05) is 6.07 Å². The molecule has 0 bridgehead atoms. The van der Waals surface area contributed by atoms with Crippen molar-refractivity contribution in [3.05, 3.63) is 54.1 Å². The minimum atomic E-state index is -4.62. The summed E-state index contributed by atoms with van der Waals surface area (Å²) in [5.74, 6) is -0.925. The molecule has 0 aliphatic rings.